The molecule has 3 heterocycles. The zero-order chi connectivity index (χ0) is 46.9. The Morgan fingerprint density at radius 1 is 0.723 bits per heavy atom. The molecule has 3 saturated heterocycles. The lowest BCUT2D eigenvalue weighted by Crippen LogP contribution is -2.78. The zero-order valence-corrected chi connectivity index (χ0v) is 39.4. The number of aliphatic hydroxyl groups is 4. The molecule has 4 aliphatic carbocycles. The van der Waals surface area contributed by atoms with Crippen molar-refractivity contribution in [3.8, 4) is 0 Å². The van der Waals surface area contributed by atoms with Crippen LogP contribution in [0.25, 0.3) is 0 Å². The van der Waals surface area contributed by atoms with Crippen LogP contribution in [-0.2, 0) is 52.2 Å². The summed E-state index contributed by atoms with van der Waals surface area (Å²) >= 11 is 0. The largest absolute Gasteiger partial charge is 0.458 e. The van der Waals surface area contributed by atoms with Gasteiger partial charge in [0.25, 0.3) is 0 Å². The molecule has 0 spiro atoms. The Labute approximate surface area is 382 Å². The molecule has 4 N–H and O–H groups in total. The van der Waals surface area contributed by atoms with Crippen LogP contribution in [0.5, 0.6) is 0 Å². The van der Waals surface area contributed by atoms with Crippen molar-refractivity contribution in [3.63, 3.8) is 0 Å². The molecule has 65 heavy (non-hydrogen) atoms. The van der Waals surface area contributed by atoms with Gasteiger partial charge in [0.1, 0.15) is 41.2 Å². The van der Waals surface area contributed by atoms with Crippen molar-refractivity contribution >= 4 is 11.8 Å². The minimum atomic E-state index is -2.03. The Morgan fingerprint density at radius 2 is 1.28 bits per heavy atom. The second kappa shape index (κ2) is 18.5. The number of Topliss-reactive ketones (excluding diaryl/α,β-unsaturated/α-hetero) is 1. The third-order valence-electron chi connectivity index (χ3n) is 17.2. The molecule has 0 amide bonds. The van der Waals surface area contributed by atoms with Crippen LogP contribution in [0.3, 0.4) is 0 Å². The summed E-state index contributed by atoms with van der Waals surface area (Å²) in [7, 11) is 4.84. The van der Waals surface area contributed by atoms with Gasteiger partial charge in [-0.15, -0.1) is 0 Å². The van der Waals surface area contributed by atoms with E-state index in [0.717, 1.165) is 5.57 Å². The van der Waals surface area contributed by atoms with Crippen molar-refractivity contribution in [1.29, 1.82) is 0 Å². The van der Waals surface area contributed by atoms with Crippen molar-refractivity contribution in [3.05, 3.63) is 47.5 Å². The van der Waals surface area contributed by atoms with Crippen LogP contribution in [-0.4, -0.2) is 156 Å². The van der Waals surface area contributed by atoms with Gasteiger partial charge in [0, 0.05) is 46.5 Å². The number of hydrogen-bond donors (Lipinski definition) is 4. The molecule has 8 rings (SSSR count). The highest BCUT2D eigenvalue weighted by Crippen LogP contribution is 2.71. The average molecular weight is 917 g/mol. The summed E-state index contributed by atoms with van der Waals surface area (Å²) in [6.45, 7) is 10.6. The Kier molecular flexibility index (Phi) is 13.9. The van der Waals surface area contributed by atoms with Gasteiger partial charge in [0.2, 0.25) is 0 Å². The minimum Gasteiger partial charge on any atom is -0.458 e. The van der Waals surface area contributed by atoms with E-state index in [9.17, 15) is 30.0 Å². The molecule has 1 aromatic carbocycles. The van der Waals surface area contributed by atoms with Crippen LogP contribution in [0.15, 0.2) is 42.0 Å². The highest BCUT2D eigenvalue weighted by Gasteiger charge is 2.81. The molecule has 7 aliphatic rings. The van der Waals surface area contributed by atoms with Gasteiger partial charge in [-0.1, -0.05) is 36.8 Å². The van der Waals surface area contributed by atoms with E-state index in [4.69, 9.17) is 47.4 Å². The molecule has 16 heteroatoms. The van der Waals surface area contributed by atoms with Crippen molar-refractivity contribution in [2.24, 2.45) is 16.7 Å². The van der Waals surface area contributed by atoms with Crippen LogP contribution < -0.4 is 0 Å². The predicted octanol–water partition coefficient (Wildman–Crippen LogP) is 4.30. The predicted molar refractivity (Wildman–Crippen MR) is 231 cm³/mol. The van der Waals surface area contributed by atoms with E-state index in [1.54, 1.807) is 65.5 Å². The molecule has 0 bridgehead atoms. The lowest BCUT2D eigenvalue weighted by Gasteiger charge is -2.67. The van der Waals surface area contributed by atoms with E-state index < -0.39 is 113 Å². The summed E-state index contributed by atoms with van der Waals surface area (Å²) in [6, 6.07) is 8.53. The van der Waals surface area contributed by atoms with Gasteiger partial charge < -0.3 is 67.8 Å². The number of ether oxygens (including phenoxy) is 10. The molecule has 6 fully saturated rings. The fraction of sp³-hybridized carbons (Fsp3) is 0.796. The smallest absolute Gasteiger partial charge is 0.338 e. The summed E-state index contributed by atoms with van der Waals surface area (Å²) < 4.78 is 62.2. The van der Waals surface area contributed by atoms with Gasteiger partial charge in [-0.25, -0.2) is 4.79 Å². The maximum atomic E-state index is 13.7. The molecule has 3 aliphatic heterocycles. The third kappa shape index (κ3) is 8.17. The summed E-state index contributed by atoms with van der Waals surface area (Å²) in [5.74, 6) is -1.73. The summed E-state index contributed by atoms with van der Waals surface area (Å²) in [5.41, 5.74) is -6.62. The number of hydrogen-bond acceptors (Lipinski definition) is 16. The van der Waals surface area contributed by atoms with Crippen LogP contribution in [0, 0.1) is 16.7 Å². The Bertz CT molecular complexity index is 1900. The van der Waals surface area contributed by atoms with Gasteiger partial charge in [0.15, 0.2) is 24.7 Å². The van der Waals surface area contributed by atoms with E-state index in [1.165, 1.54) is 6.92 Å². The van der Waals surface area contributed by atoms with E-state index >= 15 is 0 Å². The number of aliphatic hydroxyl groups excluding tert-OH is 1. The first-order valence-electron chi connectivity index (χ1n) is 23.6. The summed E-state index contributed by atoms with van der Waals surface area (Å²) in [4.78, 5) is 26.9. The molecule has 1 aromatic rings. The lowest BCUT2D eigenvalue weighted by molar-refractivity contribution is -0.338. The lowest BCUT2D eigenvalue weighted by atomic mass is 9.42. The Hall–Kier alpha value is -2.42. The minimum absolute atomic E-state index is 0.0370. The van der Waals surface area contributed by atoms with Crippen molar-refractivity contribution in [1.82, 2.24) is 0 Å². The Balaban J connectivity index is 0.924. The first kappa shape index (κ1) is 49.0. The van der Waals surface area contributed by atoms with Crippen LogP contribution in [0.4, 0.5) is 0 Å². The molecule has 1 unspecified atom stereocenters. The number of fused-ring (bicyclic) bond motifs is 5. The number of ketones is 1. The van der Waals surface area contributed by atoms with E-state index in [2.05, 4.69) is 6.92 Å². The number of methoxy groups -OCH3 is 3. The van der Waals surface area contributed by atoms with Crippen molar-refractivity contribution < 1.29 is 77.4 Å². The van der Waals surface area contributed by atoms with Gasteiger partial charge in [-0.05, 0) is 97.1 Å². The number of carbonyl (C=O) groups excluding carboxylic acids is 2. The number of esters is 1. The van der Waals surface area contributed by atoms with Crippen LogP contribution >= 0.6 is 0 Å². The highest BCUT2D eigenvalue weighted by atomic mass is 16.7. The third-order valence-corrected chi connectivity index (χ3v) is 17.2. The maximum Gasteiger partial charge on any atom is 0.338 e. The first-order chi connectivity index (χ1) is 30.8. The molecule has 16 nitrogen and oxygen atoms in total. The molecular weight excluding hydrogens is 845 g/mol. The molecule has 364 valence electrons. The second-order valence-corrected chi connectivity index (χ2v) is 20.3. The van der Waals surface area contributed by atoms with E-state index in [-0.39, 0.29) is 44.0 Å². The van der Waals surface area contributed by atoms with Crippen LogP contribution in [0.2, 0.25) is 0 Å². The zero-order valence-electron chi connectivity index (χ0n) is 39.4. The fourth-order valence-corrected chi connectivity index (χ4v) is 13.2. The van der Waals surface area contributed by atoms with Gasteiger partial charge in [0.05, 0.1) is 53.7 Å². The normalized spacial score (nSPS) is 48.6. The maximum absolute atomic E-state index is 13.7. The monoisotopic (exact) mass is 916 g/mol. The molecule has 20 atom stereocenters. The Morgan fingerprint density at radius 3 is 1.85 bits per heavy atom. The van der Waals surface area contributed by atoms with Gasteiger partial charge in [-0.3, -0.25) is 4.79 Å². The van der Waals surface area contributed by atoms with Crippen molar-refractivity contribution in [2.45, 2.75) is 209 Å². The molecule has 0 radical (unpaired) electrons. The second-order valence-electron chi connectivity index (χ2n) is 20.3. The molecule has 0 aromatic heterocycles. The molecular formula is C49H72O16. The standard InChI is InChI=1S/C49H72O16/c1-26-41(51)33(56-7)22-39(59-26)64-43-28(3)61-40(24-35(43)58-9)65-42-27(2)60-38(23-34(42)57-8)62-32-16-17-45(5)31(21-32)15-18-48(54)36(45)25-37(63-44(52)30-13-11-10-12-14-30)46(6)47(53,29(4)50)19-20-49(46,48)55/h10-15,26-28,32-43,51,53-55H,16-25H2,1-9H3/t26-,27-,28-,32+,33-,34+,35-,36-,37?,38+,39+,40+,41-,42-,43-,45+,46-,47+,48+,49-/m1/s1. The van der Waals surface area contributed by atoms with Gasteiger partial charge in [-0.2, -0.15) is 0 Å². The summed E-state index contributed by atoms with van der Waals surface area (Å²) in [5, 5.41) is 48.3. The fourth-order valence-electron chi connectivity index (χ4n) is 13.2. The topological polar surface area (TPSA) is 207 Å². The van der Waals surface area contributed by atoms with Crippen LogP contribution in [0.1, 0.15) is 116 Å². The van der Waals surface area contributed by atoms with Crippen molar-refractivity contribution in [2.75, 3.05) is 21.3 Å². The average Bonchev–Trinajstić information content (AvgIpc) is 3.51. The molecule has 3 saturated carbocycles. The quantitative estimate of drug-likeness (QED) is 0.170. The summed E-state index contributed by atoms with van der Waals surface area (Å²) in [6.07, 6.45) is -2.19. The van der Waals surface area contributed by atoms with E-state index in [0.29, 0.717) is 44.1 Å². The first-order valence-corrected chi connectivity index (χ1v) is 23.6. The SMILES string of the molecule is CO[C@H]1C[C@H](O[C@H]2CC[C@@]3(C)C(=CC[C@]4(O)[C@@H]3CC(OC(=O)c3ccccc3)[C@@]3(C)[C@]4(O)CC[C@]3(O)C(C)=O)C2)O[C@H](C)[C@H]1O[C@H]1C[C@@H](OC)[C@H](O[C@H]2C[C@@H](OC)[C@H](O)[C@@H](C)O2)[C@@H](C)O1. The van der Waals surface area contributed by atoms with E-state index in [1.807, 2.05) is 19.9 Å². The number of benzene rings is 1. The number of rotatable bonds is 12. The highest BCUT2D eigenvalue weighted by molar-refractivity contribution is 5.90. The van der Waals surface area contributed by atoms with Gasteiger partial charge >= 0.3 is 5.97 Å². The number of carbonyl (C=O) groups is 2.